The summed E-state index contributed by atoms with van der Waals surface area (Å²) in [6.45, 7) is 0. The zero-order chi connectivity index (χ0) is 16.3. The third kappa shape index (κ3) is 2.90. The number of ether oxygens (including phenoxy) is 2. The second-order valence-corrected chi connectivity index (χ2v) is 4.40. The molecule has 1 N–H and O–H groups in total. The Bertz CT molecular complexity index is 739. The van der Waals surface area contributed by atoms with Gasteiger partial charge in [-0.25, -0.2) is 14.0 Å². The van der Waals surface area contributed by atoms with Gasteiger partial charge in [0.2, 0.25) is 0 Å². The van der Waals surface area contributed by atoms with Crippen molar-refractivity contribution in [2.75, 3.05) is 14.2 Å². The molecule has 0 aliphatic rings. The summed E-state index contributed by atoms with van der Waals surface area (Å²) >= 11 is 0. The molecule has 0 aliphatic heterocycles. The van der Waals surface area contributed by atoms with Gasteiger partial charge in [0, 0.05) is 5.56 Å². The molecule has 0 aromatic heterocycles. The highest BCUT2D eigenvalue weighted by molar-refractivity contribution is 5.98. The van der Waals surface area contributed by atoms with Gasteiger partial charge in [-0.3, -0.25) is 0 Å². The van der Waals surface area contributed by atoms with Crippen LogP contribution >= 0.6 is 0 Å². The average molecular weight is 304 g/mol. The normalized spacial score (nSPS) is 10.1. The molecule has 6 heteroatoms. The fourth-order valence-corrected chi connectivity index (χ4v) is 2.04. The standard InChI is InChI=1S/C16H13FO5/c1-21-10-4-5-11(13(8-10)15(18)19)12-7-9(16(20)22-2)3-6-14(12)17/h3-8H,1-2H3,(H,18,19). The van der Waals surface area contributed by atoms with Crippen LogP contribution in [0.5, 0.6) is 5.75 Å². The average Bonchev–Trinajstić information content (AvgIpc) is 2.54. The first kappa shape index (κ1) is 15.5. The van der Waals surface area contributed by atoms with Gasteiger partial charge in [-0.2, -0.15) is 0 Å². The molecule has 0 unspecified atom stereocenters. The zero-order valence-corrected chi connectivity index (χ0v) is 11.9. The first-order chi connectivity index (χ1) is 10.5. The number of rotatable bonds is 4. The molecule has 0 heterocycles. The van der Waals surface area contributed by atoms with E-state index in [4.69, 9.17) is 4.74 Å². The Hall–Kier alpha value is -2.89. The summed E-state index contributed by atoms with van der Waals surface area (Å²) in [7, 11) is 2.61. The molecule has 0 saturated carbocycles. The first-order valence-corrected chi connectivity index (χ1v) is 6.27. The molecule has 2 aromatic carbocycles. The van der Waals surface area contributed by atoms with E-state index >= 15 is 0 Å². The molecule has 0 bridgehead atoms. The van der Waals surface area contributed by atoms with Crippen molar-refractivity contribution in [1.82, 2.24) is 0 Å². The maximum absolute atomic E-state index is 14.1. The molecular formula is C16H13FO5. The highest BCUT2D eigenvalue weighted by Gasteiger charge is 2.18. The number of aromatic carboxylic acids is 1. The van der Waals surface area contributed by atoms with Crippen LogP contribution in [0.3, 0.4) is 0 Å². The number of hydrogen-bond donors (Lipinski definition) is 1. The number of methoxy groups -OCH3 is 2. The lowest BCUT2D eigenvalue weighted by molar-refractivity contribution is 0.0600. The number of benzene rings is 2. The van der Waals surface area contributed by atoms with Gasteiger partial charge in [0.05, 0.1) is 25.3 Å². The van der Waals surface area contributed by atoms with Crippen molar-refractivity contribution >= 4 is 11.9 Å². The quantitative estimate of drug-likeness (QED) is 0.879. The van der Waals surface area contributed by atoms with Crippen LogP contribution in [0.2, 0.25) is 0 Å². The molecule has 0 aliphatic carbocycles. The fourth-order valence-electron chi connectivity index (χ4n) is 2.04. The number of esters is 1. The summed E-state index contributed by atoms with van der Waals surface area (Å²) in [5.74, 6) is -2.16. The van der Waals surface area contributed by atoms with Crippen molar-refractivity contribution in [2.24, 2.45) is 0 Å². The van der Waals surface area contributed by atoms with E-state index in [0.717, 1.165) is 6.07 Å². The van der Waals surface area contributed by atoms with E-state index < -0.39 is 17.8 Å². The van der Waals surface area contributed by atoms with Crippen LogP contribution < -0.4 is 4.74 Å². The van der Waals surface area contributed by atoms with Crippen LogP contribution in [0.15, 0.2) is 36.4 Å². The smallest absolute Gasteiger partial charge is 0.337 e. The molecule has 0 saturated heterocycles. The predicted octanol–water partition coefficient (Wildman–Crippen LogP) is 2.99. The fraction of sp³-hybridized carbons (Fsp3) is 0.125. The largest absolute Gasteiger partial charge is 0.497 e. The summed E-state index contributed by atoms with van der Waals surface area (Å²) in [4.78, 5) is 22.9. The third-order valence-electron chi connectivity index (χ3n) is 3.13. The van der Waals surface area contributed by atoms with Crippen molar-refractivity contribution < 1.29 is 28.6 Å². The van der Waals surface area contributed by atoms with E-state index in [1.54, 1.807) is 0 Å². The van der Waals surface area contributed by atoms with Crippen LogP contribution in [0.4, 0.5) is 4.39 Å². The summed E-state index contributed by atoms with van der Waals surface area (Å²) in [5, 5.41) is 9.29. The summed E-state index contributed by atoms with van der Waals surface area (Å²) in [6, 6.07) is 7.87. The van der Waals surface area contributed by atoms with E-state index in [0.29, 0.717) is 5.75 Å². The second-order valence-electron chi connectivity index (χ2n) is 4.40. The molecule has 0 amide bonds. The molecule has 0 spiro atoms. The second kappa shape index (κ2) is 6.26. The maximum atomic E-state index is 14.1. The highest BCUT2D eigenvalue weighted by Crippen LogP contribution is 2.30. The van der Waals surface area contributed by atoms with Crippen molar-refractivity contribution in [3.63, 3.8) is 0 Å². The van der Waals surface area contributed by atoms with E-state index in [1.165, 1.54) is 44.6 Å². The van der Waals surface area contributed by atoms with Gasteiger partial charge in [-0.1, -0.05) is 0 Å². The van der Waals surface area contributed by atoms with Crippen molar-refractivity contribution in [3.05, 3.63) is 53.3 Å². The number of halogens is 1. The highest BCUT2D eigenvalue weighted by atomic mass is 19.1. The van der Waals surface area contributed by atoms with E-state index in [-0.39, 0.29) is 22.3 Å². The third-order valence-corrected chi connectivity index (χ3v) is 3.13. The maximum Gasteiger partial charge on any atom is 0.337 e. The first-order valence-electron chi connectivity index (χ1n) is 6.27. The van der Waals surface area contributed by atoms with Crippen LogP contribution in [-0.4, -0.2) is 31.3 Å². The Morgan fingerprint density at radius 1 is 1.05 bits per heavy atom. The Balaban J connectivity index is 2.65. The van der Waals surface area contributed by atoms with Crippen LogP contribution in [-0.2, 0) is 4.74 Å². The lowest BCUT2D eigenvalue weighted by Gasteiger charge is -2.10. The number of carbonyl (C=O) groups excluding carboxylic acids is 1. The SMILES string of the molecule is COC(=O)c1ccc(F)c(-c2ccc(OC)cc2C(=O)O)c1. The van der Waals surface area contributed by atoms with Crippen molar-refractivity contribution in [1.29, 1.82) is 0 Å². The molecule has 2 aromatic rings. The number of carbonyl (C=O) groups is 2. The lowest BCUT2D eigenvalue weighted by atomic mass is 9.97. The van der Waals surface area contributed by atoms with Crippen molar-refractivity contribution in [2.45, 2.75) is 0 Å². The number of carboxylic acids is 1. The molecule has 114 valence electrons. The Labute approximate surface area is 125 Å². The van der Waals surface area contributed by atoms with E-state index in [2.05, 4.69) is 4.74 Å². The Kier molecular flexibility index (Phi) is 4.41. The zero-order valence-electron chi connectivity index (χ0n) is 11.9. The predicted molar refractivity (Wildman–Crippen MR) is 76.7 cm³/mol. The van der Waals surface area contributed by atoms with Crippen molar-refractivity contribution in [3.8, 4) is 16.9 Å². The minimum atomic E-state index is -1.23. The van der Waals surface area contributed by atoms with Gasteiger partial charge in [0.1, 0.15) is 11.6 Å². The molecular weight excluding hydrogens is 291 g/mol. The molecule has 0 radical (unpaired) electrons. The number of hydrogen-bond acceptors (Lipinski definition) is 4. The summed E-state index contributed by atoms with van der Waals surface area (Å²) < 4.78 is 23.6. The number of carboxylic acid groups (broad SMARTS) is 1. The van der Waals surface area contributed by atoms with Crippen LogP contribution in [0.1, 0.15) is 20.7 Å². The molecule has 22 heavy (non-hydrogen) atoms. The summed E-state index contributed by atoms with van der Waals surface area (Å²) in [5.41, 5.74) is 0.158. The minimum absolute atomic E-state index is 0.00273. The molecule has 5 nitrogen and oxygen atoms in total. The molecule has 0 fully saturated rings. The monoisotopic (exact) mass is 304 g/mol. The molecule has 2 rings (SSSR count). The Morgan fingerprint density at radius 3 is 2.36 bits per heavy atom. The topological polar surface area (TPSA) is 72.8 Å². The van der Waals surface area contributed by atoms with Crippen LogP contribution in [0.25, 0.3) is 11.1 Å². The van der Waals surface area contributed by atoms with Crippen LogP contribution in [0, 0.1) is 5.82 Å². The van der Waals surface area contributed by atoms with Gasteiger partial charge >= 0.3 is 11.9 Å². The minimum Gasteiger partial charge on any atom is -0.497 e. The van der Waals surface area contributed by atoms with Gasteiger partial charge in [0.15, 0.2) is 0 Å². The van der Waals surface area contributed by atoms with Gasteiger partial charge in [0.25, 0.3) is 0 Å². The van der Waals surface area contributed by atoms with Gasteiger partial charge in [-0.05, 0) is 42.0 Å². The summed E-state index contributed by atoms with van der Waals surface area (Å²) in [6.07, 6.45) is 0. The van der Waals surface area contributed by atoms with E-state index in [9.17, 15) is 19.1 Å². The van der Waals surface area contributed by atoms with Gasteiger partial charge in [-0.15, -0.1) is 0 Å². The van der Waals surface area contributed by atoms with Gasteiger partial charge < -0.3 is 14.6 Å². The lowest BCUT2D eigenvalue weighted by Crippen LogP contribution is -2.04. The van der Waals surface area contributed by atoms with E-state index in [1.807, 2.05) is 0 Å². The molecule has 0 atom stereocenters. The Morgan fingerprint density at radius 2 is 1.77 bits per heavy atom.